The number of benzene rings is 2. The maximum Gasteiger partial charge on any atom is 0.254 e. The van der Waals surface area contributed by atoms with Gasteiger partial charge in [-0.3, -0.25) is 4.79 Å². The summed E-state index contributed by atoms with van der Waals surface area (Å²) in [4.78, 5) is 13.7. The van der Waals surface area contributed by atoms with Gasteiger partial charge in [0.2, 0.25) is 0 Å². The maximum absolute atomic E-state index is 13.3. The van der Waals surface area contributed by atoms with E-state index in [9.17, 15) is 14.3 Å². The molecule has 0 aliphatic carbocycles. The highest BCUT2D eigenvalue weighted by Gasteiger charge is 2.18. The Bertz CT molecular complexity index is 676. The van der Waals surface area contributed by atoms with E-state index in [0.29, 0.717) is 17.7 Å². The summed E-state index contributed by atoms with van der Waals surface area (Å²) in [5, 5.41) is 10.0. The fraction of sp³-hybridized carbons (Fsp3) is 0.316. The Morgan fingerprint density at radius 2 is 1.96 bits per heavy atom. The second-order valence-corrected chi connectivity index (χ2v) is 5.80. The largest absolute Gasteiger partial charge is 0.389 e. The summed E-state index contributed by atoms with van der Waals surface area (Å²) in [6, 6.07) is 13.7. The topological polar surface area (TPSA) is 49.8 Å². The van der Waals surface area contributed by atoms with Crippen molar-refractivity contribution in [3.63, 3.8) is 0 Å². The smallest absolute Gasteiger partial charge is 0.254 e. The predicted molar refractivity (Wildman–Crippen MR) is 90.2 cm³/mol. The van der Waals surface area contributed by atoms with E-state index in [1.165, 1.54) is 17.0 Å². The molecule has 2 aromatic carbocycles. The minimum Gasteiger partial charge on any atom is -0.389 e. The molecule has 0 aromatic heterocycles. The monoisotopic (exact) mass is 331 g/mol. The standard InChI is InChI=1S/C19H22FNO3/c1-14-8-9-16(20)10-18(14)19(23)21(2)11-17(22)13-24-12-15-6-4-3-5-7-15/h3-10,17,22H,11-13H2,1-2H3. The molecule has 0 bridgehead atoms. The molecular formula is C19H22FNO3. The molecule has 1 atom stereocenters. The summed E-state index contributed by atoms with van der Waals surface area (Å²) in [5.74, 6) is -0.779. The first-order valence-electron chi connectivity index (χ1n) is 7.78. The normalized spacial score (nSPS) is 12.0. The number of amides is 1. The first kappa shape index (κ1) is 18.1. The maximum atomic E-state index is 13.3. The van der Waals surface area contributed by atoms with E-state index in [2.05, 4.69) is 0 Å². The lowest BCUT2D eigenvalue weighted by molar-refractivity contribution is 0.0137. The third-order valence-electron chi connectivity index (χ3n) is 3.68. The van der Waals surface area contributed by atoms with Gasteiger partial charge in [0, 0.05) is 19.2 Å². The zero-order valence-corrected chi connectivity index (χ0v) is 13.9. The van der Waals surface area contributed by atoms with Crippen LogP contribution >= 0.6 is 0 Å². The summed E-state index contributed by atoms with van der Waals surface area (Å²) in [6.07, 6.45) is -0.809. The van der Waals surface area contributed by atoms with Crippen LogP contribution in [-0.4, -0.2) is 42.2 Å². The summed E-state index contributed by atoms with van der Waals surface area (Å²) in [7, 11) is 1.58. The zero-order valence-electron chi connectivity index (χ0n) is 13.9. The number of aliphatic hydroxyl groups excluding tert-OH is 1. The van der Waals surface area contributed by atoms with Gasteiger partial charge in [0.1, 0.15) is 5.82 Å². The van der Waals surface area contributed by atoms with Crippen molar-refractivity contribution in [1.29, 1.82) is 0 Å². The molecule has 1 unspecified atom stereocenters. The molecule has 4 nitrogen and oxygen atoms in total. The zero-order chi connectivity index (χ0) is 17.5. The van der Waals surface area contributed by atoms with Crippen molar-refractivity contribution in [1.82, 2.24) is 4.90 Å². The molecule has 1 amide bonds. The van der Waals surface area contributed by atoms with Gasteiger partial charge in [-0.2, -0.15) is 0 Å². The summed E-state index contributed by atoms with van der Waals surface area (Å²) < 4.78 is 18.8. The van der Waals surface area contributed by atoms with Crippen molar-refractivity contribution in [2.45, 2.75) is 19.6 Å². The van der Waals surface area contributed by atoms with Crippen LogP contribution in [0.2, 0.25) is 0 Å². The fourth-order valence-electron chi connectivity index (χ4n) is 2.37. The number of hydrogen-bond acceptors (Lipinski definition) is 3. The van der Waals surface area contributed by atoms with Crippen molar-refractivity contribution in [3.05, 3.63) is 71.0 Å². The number of carbonyl (C=O) groups is 1. The lowest BCUT2D eigenvalue weighted by atomic mass is 10.1. The van der Waals surface area contributed by atoms with Crippen LogP contribution in [0.5, 0.6) is 0 Å². The molecule has 1 N–H and O–H groups in total. The van der Waals surface area contributed by atoms with Gasteiger partial charge < -0.3 is 14.7 Å². The van der Waals surface area contributed by atoms with Gasteiger partial charge in [-0.1, -0.05) is 36.4 Å². The average Bonchev–Trinajstić information content (AvgIpc) is 2.57. The molecule has 5 heteroatoms. The van der Waals surface area contributed by atoms with Gasteiger partial charge in [-0.25, -0.2) is 4.39 Å². The van der Waals surface area contributed by atoms with Gasteiger partial charge in [0.25, 0.3) is 5.91 Å². The van der Waals surface area contributed by atoms with Gasteiger partial charge >= 0.3 is 0 Å². The Labute approximate surface area is 141 Å². The van der Waals surface area contributed by atoms with E-state index >= 15 is 0 Å². The highest BCUT2D eigenvalue weighted by Crippen LogP contribution is 2.13. The van der Waals surface area contributed by atoms with Crippen LogP contribution in [0.1, 0.15) is 21.5 Å². The van der Waals surface area contributed by atoms with E-state index in [0.717, 1.165) is 5.56 Å². The van der Waals surface area contributed by atoms with E-state index < -0.39 is 11.9 Å². The number of rotatable bonds is 7. The number of aliphatic hydroxyl groups is 1. The number of halogens is 1. The number of carbonyl (C=O) groups excluding carboxylic acids is 1. The lowest BCUT2D eigenvalue weighted by Crippen LogP contribution is -2.36. The van der Waals surface area contributed by atoms with Crippen LogP contribution in [0.25, 0.3) is 0 Å². The Balaban J connectivity index is 1.83. The summed E-state index contributed by atoms with van der Waals surface area (Å²) in [6.45, 7) is 2.39. The highest BCUT2D eigenvalue weighted by atomic mass is 19.1. The summed E-state index contributed by atoms with van der Waals surface area (Å²) in [5.41, 5.74) is 2.02. The molecule has 2 aromatic rings. The molecule has 0 aliphatic rings. The van der Waals surface area contributed by atoms with Gasteiger partial charge in [-0.15, -0.1) is 0 Å². The molecule has 0 radical (unpaired) electrons. The van der Waals surface area contributed by atoms with Crippen LogP contribution in [0.15, 0.2) is 48.5 Å². The first-order valence-corrected chi connectivity index (χ1v) is 7.78. The van der Waals surface area contributed by atoms with Crippen molar-refractivity contribution < 1.29 is 19.0 Å². The van der Waals surface area contributed by atoms with E-state index in [1.54, 1.807) is 20.0 Å². The van der Waals surface area contributed by atoms with Crippen LogP contribution in [0.4, 0.5) is 4.39 Å². The predicted octanol–water partition coefficient (Wildman–Crippen LogP) is 2.78. The summed E-state index contributed by atoms with van der Waals surface area (Å²) >= 11 is 0. The molecule has 0 saturated carbocycles. The molecule has 128 valence electrons. The van der Waals surface area contributed by atoms with Crippen LogP contribution < -0.4 is 0 Å². The van der Waals surface area contributed by atoms with Crippen molar-refractivity contribution in [2.24, 2.45) is 0 Å². The third kappa shape index (κ3) is 5.15. The molecular weight excluding hydrogens is 309 g/mol. The van der Waals surface area contributed by atoms with Crippen LogP contribution in [0.3, 0.4) is 0 Å². The van der Waals surface area contributed by atoms with Gasteiger partial charge in [0.15, 0.2) is 0 Å². The number of hydrogen-bond donors (Lipinski definition) is 1. The van der Waals surface area contributed by atoms with Crippen LogP contribution in [0, 0.1) is 12.7 Å². The Morgan fingerprint density at radius 1 is 1.25 bits per heavy atom. The van der Waals surface area contributed by atoms with E-state index in [1.807, 2.05) is 30.3 Å². The minimum absolute atomic E-state index is 0.115. The number of likely N-dealkylation sites (N-methyl/N-ethyl adjacent to an activating group) is 1. The van der Waals surface area contributed by atoms with Crippen LogP contribution in [-0.2, 0) is 11.3 Å². The molecule has 0 heterocycles. The van der Waals surface area contributed by atoms with Crippen molar-refractivity contribution >= 4 is 5.91 Å². The molecule has 0 spiro atoms. The fourth-order valence-corrected chi connectivity index (χ4v) is 2.37. The number of nitrogens with zero attached hydrogens (tertiary/aromatic N) is 1. The minimum atomic E-state index is -0.809. The van der Waals surface area contributed by atoms with Gasteiger partial charge in [0.05, 0.1) is 19.3 Å². The molecule has 24 heavy (non-hydrogen) atoms. The first-order chi connectivity index (χ1) is 11.5. The second-order valence-electron chi connectivity index (χ2n) is 5.80. The molecule has 2 rings (SSSR count). The van der Waals surface area contributed by atoms with E-state index in [-0.39, 0.29) is 19.1 Å². The lowest BCUT2D eigenvalue weighted by Gasteiger charge is -2.21. The quantitative estimate of drug-likeness (QED) is 0.849. The van der Waals surface area contributed by atoms with Gasteiger partial charge in [-0.05, 0) is 30.2 Å². The Kier molecular flexibility index (Phi) is 6.46. The van der Waals surface area contributed by atoms with Crippen molar-refractivity contribution in [3.8, 4) is 0 Å². The Hall–Kier alpha value is -2.24. The average molecular weight is 331 g/mol. The number of aryl methyl sites for hydroxylation is 1. The third-order valence-corrected chi connectivity index (χ3v) is 3.68. The van der Waals surface area contributed by atoms with E-state index in [4.69, 9.17) is 4.74 Å². The molecule has 0 saturated heterocycles. The second kappa shape index (κ2) is 8.57. The number of ether oxygens (including phenoxy) is 1. The Morgan fingerprint density at radius 3 is 2.67 bits per heavy atom. The highest BCUT2D eigenvalue weighted by molar-refractivity contribution is 5.95. The SMILES string of the molecule is Cc1ccc(F)cc1C(=O)N(C)CC(O)COCc1ccccc1. The van der Waals surface area contributed by atoms with Crippen molar-refractivity contribution in [2.75, 3.05) is 20.2 Å². The molecule has 0 aliphatic heterocycles. The molecule has 0 fully saturated rings.